The number of nitrogens with zero attached hydrogens (tertiary/aromatic N) is 3. The molecule has 1 fully saturated rings. The first-order chi connectivity index (χ1) is 11.6. The molecule has 1 aliphatic heterocycles. The minimum absolute atomic E-state index is 0.0922. The lowest BCUT2D eigenvalue weighted by Crippen LogP contribution is -2.27. The molecule has 128 valence electrons. The van der Waals surface area contributed by atoms with Crippen molar-refractivity contribution in [1.29, 1.82) is 0 Å². The fourth-order valence-corrected chi connectivity index (χ4v) is 3.36. The molecule has 5 nitrogen and oxygen atoms in total. The number of likely N-dealkylation sites (tertiary alicyclic amines) is 1. The SMILES string of the molecule is CCC(=O)N1CC[C@H](c2nc([C@H](CC)c3ccc(Cl)cc3)no2)C1. The van der Waals surface area contributed by atoms with Crippen molar-refractivity contribution in [1.82, 2.24) is 15.0 Å². The van der Waals surface area contributed by atoms with Crippen LogP contribution in [-0.2, 0) is 4.79 Å². The summed E-state index contributed by atoms with van der Waals surface area (Å²) >= 11 is 5.96. The van der Waals surface area contributed by atoms with E-state index >= 15 is 0 Å². The second-order valence-electron chi connectivity index (χ2n) is 6.18. The Labute approximate surface area is 147 Å². The van der Waals surface area contributed by atoms with Gasteiger partial charge in [-0.15, -0.1) is 0 Å². The normalized spacial score (nSPS) is 18.8. The van der Waals surface area contributed by atoms with Crippen LogP contribution in [0.4, 0.5) is 0 Å². The molecule has 3 rings (SSSR count). The average molecular weight is 348 g/mol. The number of benzene rings is 1. The summed E-state index contributed by atoms with van der Waals surface area (Å²) < 4.78 is 5.51. The highest BCUT2D eigenvalue weighted by molar-refractivity contribution is 6.30. The van der Waals surface area contributed by atoms with Crippen molar-refractivity contribution in [3.05, 3.63) is 46.6 Å². The van der Waals surface area contributed by atoms with E-state index in [1.807, 2.05) is 36.1 Å². The van der Waals surface area contributed by atoms with Crippen molar-refractivity contribution in [2.24, 2.45) is 0 Å². The van der Waals surface area contributed by atoms with Crippen molar-refractivity contribution in [2.45, 2.75) is 44.9 Å². The minimum atomic E-state index is 0.0922. The molecule has 0 bridgehead atoms. The van der Waals surface area contributed by atoms with Crippen LogP contribution in [0.2, 0.25) is 5.02 Å². The van der Waals surface area contributed by atoms with E-state index in [2.05, 4.69) is 17.1 Å². The van der Waals surface area contributed by atoms with Gasteiger partial charge in [-0.05, 0) is 30.5 Å². The Morgan fingerprint density at radius 1 is 1.38 bits per heavy atom. The lowest BCUT2D eigenvalue weighted by molar-refractivity contribution is -0.129. The quantitative estimate of drug-likeness (QED) is 0.820. The fraction of sp³-hybridized carbons (Fsp3) is 0.500. The number of halogens is 1. The average Bonchev–Trinajstić information content (AvgIpc) is 3.26. The molecule has 1 aromatic heterocycles. The van der Waals surface area contributed by atoms with Crippen molar-refractivity contribution >= 4 is 17.5 Å². The summed E-state index contributed by atoms with van der Waals surface area (Å²) in [5.41, 5.74) is 1.13. The van der Waals surface area contributed by atoms with Crippen LogP contribution in [0.1, 0.15) is 62.2 Å². The van der Waals surface area contributed by atoms with Gasteiger partial charge in [-0.3, -0.25) is 4.79 Å². The van der Waals surface area contributed by atoms with Crippen molar-refractivity contribution in [3.63, 3.8) is 0 Å². The van der Waals surface area contributed by atoms with E-state index in [0.29, 0.717) is 29.7 Å². The molecule has 1 aliphatic rings. The zero-order valence-corrected chi connectivity index (χ0v) is 14.8. The van der Waals surface area contributed by atoms with Crippen molar-refractivity contribution < 1.29 is 9.32 Å². The summed E-state index contributed by atoms with van der Waals surface area (Å²) in [6.45, 7) is 5.43. The summed E-state index contributed by atoms with van der Waals surface area (Å²) in [5, 5.41) is 4.91. The van der Waals surface area contributed by atoms with Crippen molar-refractivity contribution in [2.75, 3.05) is 13.1 Å². The Kier molecular flexibility index (Phi) is 5.19. The van der Waals surface area contributed by atoms with Crippen LogP contribution in [0, 0.1) is 0 Å². The molecule has 2 atom stereocenters. The molecule has 24 heavy (non-hydrogen) atoms. The molecule has 0 N–H and O–H groups in total. The number of rotatable bonds is 5. The first kappa shape index (κ1) is 17.0. The fourth-order valence-electron chi connectivity index (χ4n) is 3.23. The molecule has 2 aromatic rings. The highest BCUT2D eigenvalue weighted by Gasteiger charge is 2.31. The van der Waals surface area contributed by atoms with Gasteiger partial charge in [0.05, 0.1) is 5.92 Å². The number of aromatic nitrogens is 2. The van der Waals surface area contributed by atoms with Gasteiger partial charge in [0.15, 0.2) is 5.82 Å². The standard InChI is InChI=1S/C18H22ClN3O2/c1-3-15(12-5-7-14(19)8-6-12)17-20-18(24-21-17)13-9-10-22(11-13)16(23)4-2/h5-8,13,15H,3-4,9-11H2,1-2H3/t13-,15+/m0/s1. The third kappa shape index (κ3) is 3.46. The zero-order valence-electron chi connectivity index (χ0n) is 14.0. The summed E-state index contributed by atoms with van der Waals surface area (Å²) in [6, 6.07) is 7.77. The van der Waals surface area contributed by atoms with Gasteiger partial charge in [-0.2, -0.15) is 4.98 Å². The van der Waals surface area contributed by atoms with E-state index in [0.717, 1.165) is 24.9 Å². The third-order valence-corrected chi connectivity index (χ3v) is 4.89. The first-order valence-electron chi connectivity index (χ1n) is 8.49. The molecule has 6 heteroatoms. The van der Waals surface area contributed by atoms with Gasteiger partial charge in [0, 0.05) is 30.5 Å². The second kappa shape index (κ2) is 7.34. The third-order valence-electron chi connectivity index (χ3n) is 4.64. The van der Waals surface area contributed by atoms with E-state index in [9.17, 15) is 4.79 Å². The van der Waals surface area contributed by atoms with Crippen LogP contribution in [0.15, 0.2) is 28.8 Å². The van der Waals surface area contributed by atoms with Gasteiger partial charge >= 0.3 is 0 Å². The number of carbonyl (C=O) groups is 1. The zero-order chi connectivity index (χ0) is 17.1. The van der Waals surface area contributed by atoms with Crippen LogP contribution in [0.25, 0.3) is 0 Å². The van der Waals surface area contributed by atoms with Crippen LogP contribution >= 0.6 is 11.6 Å². The van der Waals surface area contributed by atoms with Gasteiger partial charge in [0.1, 0.15) is 0 Å². The molecule has 0 radical (unpaired) electrons. The molecule has 0 aliphatic carbocycles. The molecule has 1 amide bonds. The summed E-state index contributed by atoms with van der Waals surface area (Å²) in [5.74, 6) is 1.77. The van der Waals surface area contributed by atoms with E-state index in [4.69, 9.17) is 16.1 Å². The molecule has 2 heterocycles. The van der Waals surface area contributed by atoms with Gasteiger partial charge in [-0.25, -0.2) is 0 Å². The predicted octanol–water partition coefficient (Wildman–Crippen LogP) is 3.99. The van der Waals surface area contributed by atoms with E-state index < -0.39 is 0 Å². The highest BCUT2D eigenvalue weighted by Crippen LogP contribution is 2.30. The molecule has 1 aromatic carbocycles. The Bertz CT molecular complexity index is 699. The van der Waals surface area contributed by atoms with Crippen LogP contribution < -0.4 is 0 Å². The lowest BCUT2D eigenvalue weighted by atomic mass is 9.96. The highest BCUT2D eigenvalue weighted by atomic mass is 35.5. The van der Waals surface area contributed by atoms with Gasteiger partial charge in [0.2, 0.25) is 11.8 Å². The van der Waals surface area contributed by atoms with Gasteiger partial charge in [0.25, 0.3) is 0 Å². The maximum Gasteiger partial charge on any atom is 0.231 e. The molecule has 1 saturated heterocycles. The molecular weight excluding hydrogens is 326 g/mol. The summed E-state index contributed by atoms with van der Waals surface area (Å²) in [6.07, 6.45) is 2.30. The largest absolute Gasteiger partial charge is 0.342 e. The topological polar surface area (TPSA) is 59.2 Å². The maximum atomic E-state index is 11.8. The Hall–Kier alpha value is -1.88. The number of carbonyl (C=O) groups excluding carboxylic acids is 1. The number of hydrogen-bond donors (Lipinski definition) is 0. The van der Waals surface area contributed by atoms with E-state index in [1.165, 1.54) is 0 Å². The Morgan fingerprint density at radius 2 is 2.12 bits per heavy atom. The molecule has 0 unspecified atom stereocenters. The maximum absolute atomic E-state index is 11.8. The minimum Gasteiger partial charge on any atom is -0.342 e. The summed E-state index contributed by atoms with van der Waals surface area (Å²) in [7, 11) is 0. The smallest absolute Gasteiger partial charge is 0.231 e. The monoisotopic (exact) mass is 347 g/mol. The van der Waals surface area contributed by atoms with Gasteiger partial charge in [-0.1, -0.05) is 42.7 Å². The number of amides is 1. The summed E-state index contributed by atoms with van der Waals surface area (Å²) in [4.78, 5) is 18.3. The molecule has 0 spiro atoms. The Balaban J connectivity index is 1.75. The van der Waals surface area contributed by atoms with Crippen LogP contribution in [-0.4, -0.2) is 34.0 Å². The second-order valence-corrected chi connectivity index (χ2v) is 6.62. The molecular formula is C18H22ClN3O2. The van der Waals surface area contributed by atoms with Gasteiger partial charge < -0.3 is 9.42 Å². The number of hydrogen-bond acceptors (Lipinski definition) is 4. The lowest BCUT2D eigenvalue weighted by Gasteiger charge is -2.14. The first-order valence-corrected chi connectivity index (χ1v) is 8.86. The van der Waals surface area contributed by atoms with E-state index in [1.54, 1.807) is 0 Å². The molecule has 0 saturated carbocycles. The van der Waals surface area contributed by atoms with Crippen molar-refractivity contribution in [3.8, 4) is 0 Å². The van der Waals surface area contributed by atoms with Crippen LogP contribution in [0.5, 0.6) is 0 Å². The predicted molar refractivity (Wildman–Crippen MR) is 92.1 cm³/mol. The van der Waals surface area contributed by atoms with E-state index in [-0.39, 0.29) is 17.7 Å². The van der Waals surface area contributed by atoms with Crippen LogP contribution in [0.3, 0.4) is 0 Å². The Morgan fingerprint density at radius 3 is 2.79 bits per heavy atom.